The smallest absolute Gasteiger partial charge is 0.255 e. The number of fused-ring (bicyclic) bond motifs is 2. The fraction of sp³-hybridized carbons (Fsp3) is 0.238. The lowest BCUT2D eigenvalue weighted by molar-refractivity contribution is 0.0953. The summed E-state index contributed by atoms with van der Waals surface area (Å²) in [5.41, 5.74) is 2.30. The standard InChI is InChI=1S/C21H20N2O3S/c1-13-20(15-12-14(25-2)9-10-17(15)26-13)21(24)22-11-5-8-19-23-16-6-3-4-7-18(16)27-19/h3-4,6-7,9-10,12H,5,8,11H2,1-2H3,(H,22,24). The number of methoxy groups -OCH3 is 1. The van der Waals surface area contributed by atoms with Crippen LogP contribution in [0, 0.1) is 6.92 Å². The predicted octanol–water partition coefficient (Wildman–Crippen LogP) is 4.72. The summed E-state index contributed by atoms with van der Waals surface area (Å²) in [4.78, 5) is 17.3. The molecular weight excluding hydrogens is 360 g/mol. The Morgan fingerprint density at radius 1 is 1.26 bits per heavy atom. The number of nitrogens with one attached hydrogen (secondary N) is 1. The van der Waals surface area contributed by atoms with Crippen LogP contribution in [0.4, 0.5) is 0 Å². The molecule has 1 N–H and O–H groups in total. The maximum atomic E-state index is 12.7. The number of ether oxygens (including phenoxy) is 1. The van der Waals surface area contributed by atoms with Crippen molar-refractivity contribution in [2.24, 2.45) is 0 Å². The molecule has 6 heteroatoms. The van der Waals surface area contributed by atoms with Gasteiger partial charge < -0.3 is 14.5 Å². The van der Waals surface area contributed by atoms with Gasteiger partial charge in [-0.1, -0.05) is 12.1 Å². The van der Waals surface area contributed by atoms with E-state index in [1.807, 2.05) is 43.3 Å². The number of hydrogen-bond acceptors (Lipinski definition) is 5. The lowest BCUT2D eigenvalue weighted by atomic mass is 10.1. The van der Waals surface area contributed by atoms with Gasteiger partial charge in [0.2, 0.25) is 0 Å². The van der Waals surface area contributed by atoms with Crippen molar-refractivity contribution in [3.63, 3.8) is 0 Å². The van der Waals surface area contributed by atoms with Crippen LogP contribution in [-0.4, -0.2) is 24.5 Å². The minimum atomic E-state index is -0.121. The van der Waals surface area contributed by atoms with Crippen LogP contribution in [0.3, 0.4) is 0 Å². The van der Waals surface area contributed by atoms with E-state index in [1.54, 1.807) is 18.4 Å². The van der Waals surface area contributed by atoms with Gasteiger partial charge in [-0.3, -0.25) is 4.79 Å². The lowest BCUT2D eigenvalue weighted by Crippen LogP contribution is -2.25. The fourth-order valence-electron chi connectivity index (χ4n) is 3.17. The summed E-state index contributed by atoms with van der Waals surface area (Å²) < 4.78 is 12.2. The molecule has 0 fully saturated rings. The van der Waals surface area contributed by atoms with Gasteiger partial charge in [-0.25, -0.2) is 4.98 Å². The van der Waals surface area contributed by atoms with Crippen molar-refractivity contribution in [3.8, 4) is 5.75 Å². The number of benzene rings is 2. The Morgan fingerprint density at radius 2 is 2.11 bits per heavy atom. The molecule has 0 atom stereocenters. The number of amides is 1. The zero-order valence-electron chi connectivity index (χ0n) is 15.2. The van der Waals surface area contributed by atoms with E-state index in [4.69, 9.17) is 9.15 Å². The first-order chi connectivity index (χ1) is 13.2. The van der Waals surface area contributed by atoms with E-state index >= 15 is 0 Å². The highest BCUT2D eigenvalue weighted by atomic mass is 32.1. The predicted molar refractivity (Wildman–Crippen MR) is 108 cm³/mol. The third-order valence-electron chi connectivity index (χ3n) is 4.49. The largest absolute Gasteiger partial charge is 0.497 e. The maximum Gasteiger partial charge on any atom is 0.255 e. The number of carbonyl (C=O) groups excluding carboxylic acids is 1. The Bertz CT molecular complexity index is 1080. The molecule has 0 unspecified atom stereocenters. The number of hydrogen-bond donors (Lipinski definition) is 1. The molecule has 2 aromatic carbocycles. The van der Waals surface area contributed by atoms with Gasteiger partial charge in [-0.15, -0.1) is 11.3 Å². The van der Waals surface area contributed by atoms with Crippen LogP contribution in [-0.2, 0) is 6.42 Å². The molecule has 27 heavy (non-hydrogen) atoms. The highest BCUT2D eigenvalue weighted by Gasteiger charge is 2.18. The molecule has 0 bridgehead atoms. The third kappa shape index (κ3) is 3.53. The van der Waals surface area contributed by atoms with E-state index in [9.17, 15) is 4.79 Å². The van der Waals surface area contributed by atoms with Crippen molar-refractivity contribution in [1.29, 1.82) is 0 Å². The van der Waals surface area contributed by atoms with Gasteiger partial charge >= 0.3 is 0 Å². The SMILES string of the molecule is COc1ccc2oc(C)c(C(=O)NCCCc3nc4ccccc4s3)c2c1. The van der Waals surface area contributed by atoms with Crippen molar-refractivity contribution < 1.29 is 13.9 Å². The van der Waals surface area contributed by atoms with Crippen molar-refractivity contribution in [2.45, 2.75) is 19.8 Å². The number of rotatable bonds is 6. The average molecular weight is 380 g/mol. The highest BCUT2D eigenvalue weighted by molar-refractivity contribution is 7.18. The first-order valence-corrected chi connectivity index (χ1v) is 9.67. The van der Waals surface area contributed by atoms with Crippen molar-refractivity contribution >= 4 is 38.4 Å². The van der Waals surface area contributed by atoms with E-state index in [2.05, 4.69) is 16.4 Å². The summed E-state index contributed by atoms with van der Waals surface area (Å²) in [7, 11) is 1.61. The van der Waals surface area contributed by atoms with Crippen molar-refractivity contribution in [2.75, 3.05) is 13.7 Å². The molecule has 138 valence electrons. The lowest BCUT2D eigenvalue weighted by Gasteiger charge is -2.04. The monoisotopic (exact) mass is 380 g/mol. The summed E-state index contributed by atoms with van der Waals surface area (Å²) in [6, 6.07) is 13.6. The summed E-state index contributed by atoms with van der Waals surface area (Å²) in [5.74, 6) is 1.19. The molecule has 5 nitrogen and oxygen atoms in total. The fourth-order valence-corrected chi connectivity index (χ4v) is 4.17. The van der Waals surface area contributed by atoms with E-state index in [0.717, 1.165) is 28.8 Å². The zero-order chi connectivity index (χ0) is 18.8. The highest BCUT2D eigenvalue weighted by Crippen LogP contribution is 2.29. The summed E-state index contributed by atoms with van der Waals surface area (Å²) in [5, 5.41) is 4.87. The number of aromatic nitrogens is 1. The Balaban J connectivity index is 1.40. The molecule has 0 saturated carbocycles. The van der Waals surface area contributed by atoms with E-state index in [0.29, 0.717) is 29.2 Å². The number of para-hydroxylation sites is 1. The molecule has 1 amide bonds. The quantitative estimate of drug-likeness (QED) is 0.492. The molecule has 0 radical (unpaired) electrons. The maximum absolute atomic E-state index is 12.7. The normalized spacial score (nSPS) is 11.2. The number of furan rings is 1. The first-order valence-electron chi connectivity index (χ1n) is 8.85. The van der Waals surface area contributed by atoms with Crippen LogP contribution in [0.2, 0.25) is 0 Å². The third-order valence-corrected chi connectivity index (χ3v) is 5.59. The molecule has 0 aliphatic heterocycles. The number of aryl methyl sites for hydroxylation is 2. The summed E-state index contributed by atoms with van der Waals surface area (Å²) >= 11 is 1.71. The van der Waals surface area contributed by atoms with Crippen LogP contribution in [0.1, 0.15) is 27.5 Å². The van der Waals surface area contributed by atoms with Crippen LogP contribution in [0.5, 0.6) is 5.75 Å². The van der Waals surface area contributed by atoms with Crippen molar-refractivity contribution in [1.82, 2.24) is 10.3 Å². The van der Waals surface area contributed by atoms with E-state index in [1.165, 1.54) is 4.70 Å². The molecule has 0 saturated heterocycles. The summed E-state index contributed by atoms with van der Waals surface area (Å²) in [6.07, 6.45) is 1.68. The molecule has 4 rings (SSSR count). The molecule has 0 aliphatic rings. The second-order valence-electron chi connectivity index (χ2n) is 6.33. The zero-order valence-corrected chi connectivity index (χ0v) is 16.1. The molecular formula is C21H20N2O3S. The van der Waals surface area contributed by atoms with Crippen LogP contribution >= 0.6 is 11.3 Å². The molecule has 0 spiro atoms. The molecule has 4 aromatic rings. The number of nitrogens with zero attached hydrogens (tertiary/aromatic N) is 1. The van der Waals surface area contributed by atoms with E-state index in [-0.39, 0.29) is 5.91 Å². The Labute approximate surface area is 161 Å². The minimum Gasteiger partial charge on any atom is -0.497 e. The molecule has 2 heterocycles. The Morgan fingerprint density at radius 3 is 2.93 bits per heavy atom. The van der Waals surface area contributed by atoms with Gasteiger partial charge in [0.05, 0.1) is 27.9 Å². The van der Waals surface area contributed by atoms with Gasteiger partial charge in [-0.2, -0.15) is 0 Å². The minimum absolute atomic E-state index is 0.121. The van der Waals surface area contributed by atoms with Gasteiger partial charge in [0.1, 0.15) is 17.1 Å². The first kappa shape index (κ1) is 17.5. The Kier molecular flexibility index (Phi) is 4.81. The Hall–Kier alpha value is -2.86. The van der Waals surface area contributed by atoms with Crippen molar-refractivity contribution in [3.05, 3.63) is 58.8 Å². The number of thiazole rings is 1. The van der Waals surface area contributed by atoms with Crippen LogP contribution in [0.25, 0.3) is 21.2 Å². The molecule has 2 aromatic heterocycles. The average Bonchev–Trinajstić information content (AvgIpc) is 3.23. The topological polar surface area (TPSA) is 64.4 Å². The molecule has 0 aliphatic carbocycles. The van der Waals surface area contributed by atoms with Gasteiger partial charge in [0, 0.05) is 18.4 Å². The van der Waals surface area contributed by atoms with E-state index < -0.39 is 0 Å². The number of carbonyl (C=O) groups is 1. The van der Waals surface area contributed by atoms with Gasteiger partial charge in [0.25, 0.3) is 5.91 Å². The van der Waals surface area contributed by atoms with Crippen LogP contribution < -0.4 is 10.1 Å². The summed E-state index contributed by atoms with van der Waals surface area (Å²) in [6.45, 7) is 2.40. The second kappa shape index (κ2) is 7.40. The second-order valence-corrected chi connectivity index (χ2v) is 7.45. The van der Waals surface area contributed by atoms with Gasteiger partial charge in [0.15, 0.2) is 0 Å². The van der Waals surface area contributed by atoms with Crippen LogP contribution in [0.15, 0.2) is 46.9 Å². The van der Waals surface area contributed by atoms with Gasteiger partial charge in [-0.05, 0) is 43.7 Å².